The SMILES string of the molecule is c1cnn(CCN2CCC(C3CCCN3)CC2)c1. The smallest absolute Gasteiger partial charge is 0.0536 e. The summed E-state index contributed by atoms with van der Waals surface area (Å²) < 4.78 is 2.03. The van der Waals surface area contributed by atoms with Crippen LogP contribution in [0.15, 0.2) is 18.5 Å². The maximum atomic E-state index is 4.26. The number of rotatable bonds is 4. The van der Waals surface area contributed by atoms with Crippen molar-refractivity contribution in [3.05, 3.63) is 18.5 Å². The van der Waals surface area contributed by atoms with E-state index in [4.69, 9.17) is 0 Å². The Bertz CT molecular complexity index is 335. The number of piperidine rings is 1. The fourth-order valence-corrected chi connectivity index (χ4v) is 3.37. The van der Waals surface area contributed by atoms with Crippen LogP contribution in [0, 0.1) is 5.92 Å². The van der Waals surface area contributed by atoms with E-state index < -0.39 is 0 Å². The van der Waals surface area contributed by atoms with Gasteiger partial charge >= 0.3 is 0 Å². The molecule has 3 heterocycles. The van der Waals surface area contributed by atoms with Crippen molar-refractivity contribution in [2.45, 2.75) is 38.3 Å². The molecule has 0 aliphatic carbocycles. The van der Waals surface area contributed by atoms with Crippen LogP contribution >= 0.6 is 0 Å². The van der Waals surface area contributed by atoms with Crippen LogP contribution in [0.1, 0.15) is 25.7 Å². The Morgan fingerprint density at radius 3 is 2.72 bits per heavy atom. The molecule has 0 bridgehead atoms. The summed E-state index contributed by atoms with van der Waals surface area (Å²) in [5, 5.41) is 7.92. The van der Waals surface area contributed by atoms with Gasteiger partial charge in [-0.2, -0.15) is 5.10 Å². The quantitative estimate of drug-likeness (QED) is 0.873. The van der Waals surface area contributed by atoms with Crippen LogP contribution in [0.25, 0.3) is 0 Å². The fourth-order valence-electron chi connectivity index (χ4n) is 3.37. The summed E-state index contributed by atoms with van der Waals surface area (Å²) >= 11 is 0. The molecule has 1 aromatic heterocycles. The summed E-state index contributed by atoms with van der Waals surface area (Å²) in [5.74, 6) is 0.924. The van der Waals surface area contributed by atoms with Crippen molar-refractivity contribution in [1.29, 1.82) is 0 Å². The summed E-state index contributed by atoms with van der Waals surface area (Å²) in [4.78, 5) is 2.59. The predicted molar refractivity (Wildman–Crippen MR) is 72.4 cm³/mol. The molecule has 0 amide bonds. The maximum absolute atomic E-state index is 4.26. The lowest BCUT2D eigenvalue weighted by molar-refractivity contribution is 0.158. The van der Waals surface area contributed by atoms with Crippen LogP contribution in [0.2, 0.25) is 0 Å². The van der Waals surface area contributed by atoms with Crippen molar-refractivity contribution >= 4 is 0 Å². The van der Waals surface area contributed by atoms with E-state index >= 15 is 0 Å². The average molecular weight is 248 g/mol. The molecule has 2 aliphatic heterocycles. The normalized spacial score (nSPS) is 26.8. The molecule has 1 atom stereocenters. The number of nitrogens with zero attached hydrogens (tertiary/aromatic N) is 3. The third-order valence-electron chi connectivity index (χ3n) is 4.50. The van der Waals surface area contributed by atoms with Gasteiger partial charge in [-0.05, 0) is 57.3 Å². The highest BCUT2D eigenvalue weighted by Gasteiger charge is 2.27. The van der Waals surface area contributed by atoms with Gasteiger partial charge in [-0.1, -0.05) is 0 Å². The van der Waals surface area contributed by atoms with Gasteiger partial charge in [0.2, 0.25) is 0 Å². The minimum Gasteiger partial charge on any atom is -0.314 e. The van der Waals surface area contributed by atoms with E-state index in [9.17, 15) is 0 Å². The molecule has 0 saturated carbocycles. The van der Waals surface area contributed by atoms with Gasteiger partial charge in [-0.3, -0.25) is 4.68 Å². The zero-order valence-electron chi connectivity index (χ0n) is 11.1. The first kappa shape index (κ1) is 12.2. The minimum atomic E-state index is 0.818. The summed E-state index contributed by atoms with van der Waals surface area (Å²) in [6, 6.07) is 2.82. The predicted octanol–water partition coefficient (Wildman–Crippen LogP) is 1.35. The number of aromatic nitrogens is 2. The van der Waals surface area contributed by atoms with E-state index in [1.807, 2.05) is 16.9 Å². The van der Waals surface area contributed by atoms with Gasteiger partial charge in [0.1, 0.15) is 0 Å². The molecular weight excluding hydrogens is 224 g/mol. The third-order valence-corrected chi connectivity index (χ3v) is 4.50. The van der Waals surface area contributed by atoms with Gasteiger partial charge in [0.15, 0.2) is 0 Å². The molecular formula is C14H24N4. The monoisotopic (exact) mass is 248 g/mol. The first-order chi connectivity index (χ1) is 8.92. The van der Waals surface area contributed by atoms with Crippen LogP contribution in [-0.4, -0.2) is 46.9 Å². The third kappa shape index (κ3) is 2.93. The van der Waals surface area contributed by atoms with Crippen molar-refractivity contribution in [1.82, 2.24) is 20.0 Å². The van der Waals surface area contributed by atoms with Crippen molar-refractivity contribution in [2.75, 3.05) is 26.2 Å². The van der Waals surface area contributed by atoms with E-state index in [0.29, 0.717) is 0 Å². The Morgan fingerprint density at radius 2 is 2.06 bits per heavy atom. The first-order valence-corrected chi connectivity index (χ1v) is 7.35. The zero-order chi connectivity index (χ0) is 12.2. The van der Waals surface area contributed by atoms with Crippen molar-refractivity contribution < 1.29 is 0 Å². The average Bonchev–Trinajstić information content (AvgIpc) is 3.10. The Morgan fingerprint density at radius 1 is 1.17 bits per heavy atom. The second kappa shape index (κ2) is 5.85. The molecule has 1 N–H and O–H groups in total. The number of likely N-dealkylation sites (tertiary alicyclic amines) is 1. The second-order valence-corrected chi connectivity index (χ2v) is 5.65. The Labute approximate surface area is 109 Å². The molecule has 0 spiro atoms. The van der Waals surface area contributed by atoms with Gasteiger partial charge in [0.05, 0.1) is 6.54 Å². The number of nitrogens with one attached hydrogen (secondary N) is 1. The Balaban J connectivity index is 1.39. The van der Waals surface area contributed by atoms with Gasteiger partial charge < -0.3 is 10.2 Å². The van der Waals surface area contributed by atoms with E-state index in [1.54, 1.807) is 0 Å². The first-order valence-electron chi connectivity index (χ1n) is 7.35. The summed E-state index contributed by atoms with van der Waals surface area (Å²) in [5.41, 5.74) is 0. The molecule has 1 unspecified atom stereocenters. The largest absolute Gasteiger partial charge is 0.314 e. The molecule has 2 fully saturated rings. The number of hydrogen-bond donors (Lipinski definition) is 1. The Kier molecular flexibility index (Phi) is 3.96. The summed E-state index contributed by atoms with van der Waals surface area (Å²) in [6.45, 7) is 5.95. The minimum absolute atomic E-state index is 0.818. The van der Waals surface area contributed by atoms with Crippen molar-refractivity contribution in [2.24, 2.45) is 5.92 Å². The van der Waals surface area contributed by atoms with Crippen LogP contribution in [0.5, 0.6) is 0 Å². The molecule has 2 saturated heterocycles. The molecule has 4 heteroatoms. The van der Waals surface area contributed by atoms with Crippen molar-refractivity contribution in [3.8, 4) is 0 Å². The molecule has 0 radical (unpaired) electrons. The zero-order valence-corrected chi connectivity index (χ0v) is 11.1. The molecule has 1 aromatic rings. The highest BCUT2D eigenvalue weighted by Crippen LogP contribution is 2.25. The molecule has 100 valence electrons. The summed E-state index contributed by atoms with van der Waals surface area (Å²) in [7, 11) is 0. The molecule has 18 heavy (non-hydrogen) atoms. The second-order valence-electron chi connectivity index (χ2n) is 5.65. The van der Waals surface area contributed by atoms with Crippen LogP contribution in [0.3, 0.4) is 0 Å². The van der Waals surface area contributed by atoms with Gasteiger partial charge in [-0.25, -0.2) is 0 Å². The van der Waals surface area contributed by atoms with Crippen LogP contribution in [0.4, 0.5) is 0 Å². The Hall–Kier alpha value is -0.870. The van der Waals surface area contributed by atoms with E-state index in [2.05, 4.69) is 21.5 Å². The number of hydrogen-bond acceptors (Lipinski definition) is 3. The van der Waals surface area contributed by atoms with E-state index in [1.165, 1.54) is 45.3 Å². The molecule has 4 nitrogen and oxygen atoms in total. The lowest BCUT2D eigenvalue weighted by Gasteiger charge is -2.34. The standard InChI is InChI=1S/C14H24N4/c1-3-14(15-6-1)13-4-9-17(10-5-13)11-12-18-8-2-7-16-18/h2,7-8,13-15H,1,3-6,9-12H2. The molecule has 0 aromatic carbocycles. The van der Waals surface area contributed by atoms with Gasteiger partial charge in [0, 0.05) is 25.0 Å². The van der Waals surface area contributed by atoms with Crippen LogP contribution in [-0.2, 0) is 6.54 Å². The van der Waals surface area contributed by atoms with E-state index in [0.717, 1.165) is 25.0 Å². The fraction of sp³-hybridized carbons (Fsp3) is 0.786. The molecule has 2 aliphatic rings. The highest BCUT2D eigenvalue weighted by molar-refractivity contribution is 4.85. The van der Waals surface area contributed by atoms with Gasteiger partial charge in [0.25, 0.3) is 0 Å². The topological polar surface area (TPSA) is 33.1 Å². The van der Waals surface area contributed by atoms with E-state index in [-0.39, 0.29) is 0 Å². The summed E-state index contributed by atoms with van der Waals surface area (Å²) in [6.07, 6.45) is 9.43. The maximum Gasteiger partial charge on any atom is 0.0536 e. The van der Waals surface area contributed by atoms with Crippen LogP contribution < -0.4 is 5.32 Å². The molecule has 3 rings (SSSR count). The lowest BCUT2D eigenvalue weighted by Crippen LogP contribution is -2.41. The van der Waals surface area contributed by atoms with Crippen molar-refractivity contribution in [3.63, 3.8) is 0 Å². The highest BCUT2D eigenvalue weighted by atomic mass is 15.3. The lowest BCUT2D eigenvalue weighted by atomic mass is 9.88. The van der Waals surface area contributed by atoms with Gasteiger partial charge in [-0.15, -0.1) is 0 Å².